The summed E-state index contributed by atoms with van der Waals surface area (Å²) in [6.45, 7) is 4.42. The Labute approximate surface area is 163 Å². The summed E-state index contributed by atoms with van der Waals surface area (Å²) in [6, 6.07) is 14.8. The molecule has 0 bridgehead atoms. The summed E-state index contributed by atoms with van der Waals surface area (Å²) in [5, 5.41) is 2.67. The minimum atomic E-state index is -0.516. The van der Waals surface area contributed by atoms with Gasteiger partial charge in [0, 0.05) is 5.56 Å². The second-order valence-corrected chi connectivity index (χ2v) is 6.34. The number of benzene rings is 2. The molecule has 1 heterocycles. The van der Waals surface area contributed by atoms with E-state index in [1.165, 1.54) is 11.0 Å². The van der Waals surface area contributed by atoms with Crippen LogP contribution in [-0.2, 0) is 16.0 Å². The molecule has 6 heteroatoms. The monoisotopic (exact) mass is 380 g/mol. The van der Waals surface area contributed by atoms with Gasteiger partial charge in [0.15, 0.2) is 5.11 Å². The molecule has 2 aromatic carbocycles. The molecule has 1 N–H and O–H groups in total. The Morgan fingerprint density at radius 2 is 1.78 bits per heavy atom. The molecule has 138 valence electrons. The highest BCUT2D eigenvalue weighted by Crippen LogP contribution is 2.25. The Hall–Kier alpha value is -2.99. The lowest BCUT2D eigenvalue weighted by Crippen LogP contribution is -2.54. The zero-order valence-corrected chi connectivity index (χ0v) is 16.0. The summed E-state index contributed by atoms with van der Waals surface area (Å²) in [6.07, 6.45) is 2.44. The number of anilines is 1. The summed E-state index contributed by atoms with van der Waals surface area (Å²) in [4.78, 5) is 26.8. The molecule has 0 aromatic heterocycles. The molecule has 0 atom stereocenters. The van der Waals surface area contributed by atoms with Crippen molar-refractivity contribution in [2.75, 3.05) is 11.5 Å². The van der Waals surface area contributed by atoms with Gasteiger partial charge in [-0.15, -0.1) is 0 Å². The first kappa shape index (κ1) is 18.8. The maximum absolute atomic E-state index is 13.0. The Balaban J connectivity index is 1.99. The van der Waals surface area contributed by atoms with E-state index in [2.05, 4.69) is 12.2 Å². The summed E-state index contributed by atoms with van der Waals surface area (Å²) in [5.74, 6) is -0.364. The highest BCUT2D eigenvalue weighted by atomic mass is 32.1. The van der Waals surface area contributed by atoms with Crippen LogP contribution < -0.4 is 15.0 Å². The first-order valence-electron chi connectivity index (χ1n) is 8.77. The first-order chi connectivity index (χ1) is 13.0. The number of rotatable bonds is 5. The standard InChI is InChI=1S/C21H20N2O3S/c1-3-14-9-11-16(12-10-14)23-20(25)17(19(24)22-21(23)27)13-15-7-5-6-8-18(15)26-4-2/h5-13H,3-4H2,1-2H3,(H,22,24,27). The van der Waals surface area contributed by atoms with Crippen LogP contribution in [-0.4, -0.2) is 23.5 Å². The minimum Gasteiger partial charge on any atom is -0.493 e. The van der Waals surface area contributed by atoms with Crippen molar-refractivity contribution in [2.24, 2.45) is 0 Å². The third-order valence-corrected chi connectivity index (χ3v) is 4.51. The van der Waals surface area contributed by atoms with Crippen LogP contribution in [0.3, 0.4) is 0 Å². The van der Waals surface area contributed by atoms with Crippen LogP contribution in [0.15, 0.2) is 54.1 Å². The number of nitrogens with zero attached hydrogens (tertiary/aromatic N) is 1. The van der Waals surface area contributed by atoms with Crippen LogP contribution in [0.1, 0.15) is 25.0 Å². The fourth-order valence-electron chi connectivity index (χ4n) is 2.81. The second kappa shape index (κ2) is 8.14. The normalized spacial score (nSPS) is 15.9. The largest absolute Gasteiger partial charge is 0.493 e. The maximum Gasteiger partial charge on any atom is 0.270 e. The highest BCUT2D eigenvalue weighted by molar-refractivity contribution is 7.80. The van der Waals surface area contributed by atoms with Crippen molar-refractivity contribution >= 4 is 40.9 Å². The lowest BCUT2D eigenvalue weighted by Gasteiger charge is -2.29. The Morgan fingerprint density at radius 1 is 1.07 bits per heavy atom. The van der Waals surface area contributed by atoms with Gasteiger partial charge in [-0.05, 0) is 55.4 Å². The third kappa shape index (κ3) is 3.90. The molecular weight excluding hydrogens is 360 g/mol. The molecule has 1 fully saturated rings. The van der Waals surface area contributed by atoms with Gasteiger partial charge < -0.3 is 4.74 Å². The lowest BCUT2D eigenvalue weighted by atomic mass is 10.1. The van der Waals surface area contributed by atoms with E-state index >= 15 is 0 Å². The third-order valence-electron chi connectivity index (χ3n) is 4.22. The number of aryl methyl sites for hydroxylation is 1. The van der Waals surface area contributed by atoms with E-state index in [-0.39, 0.29) is 10.7 Å². The molecule has 0 saturated carbocycles. The molecule has 1 aliphatic heterocycles. The number of carbonyl (C=O) groups excluding carboxylic acids is 2. The van der Waals surface area contributed by atoms with Crippen LogP contribution >= 0.6 is 12.2 Å². The molecule has 1 aliphatic rings. The molecule has 0 aliphatic carbocycles. The number of para-hydroxylation sites is 1. The first-order valence-corrected chi connectivity index (χ1v) is 9.18. The summed E-state index contributed by atoms with van der Waals surface area (Å²) in [5.41, 5.74) is 2.44. The summed E-state index contributed by atoms with van der Waals surface area (Å²) in [7, 11) is 0. The fourth-order valence-corrected chi connectivity index (χ4v) is 3.10. The topological polar surface area (TPSA) is 58.6 Å². The van der Waals surface area contributed by atoms with E-state index in [1.807, 2.05) is 43.3 Å². The van der Waals surface area contributed by atoms with E-state index < -0.39 is 11.8 Å². The van der Waals surface area contributed by atoms with Gasteiger partial charge in [0.25, 0.3) is 11.8 Å². The molecule has 5 nitrogen and oxygen atoms in total. The Bertz CT molecular complexity index is 919. The molecular formula is C21H20N2O3S. The zero-order chi connectivity index (χ0) is 19.4. The van der Waals surface area contributed by atoms with E-state index in [0.717, 1.165) is 12.0 Å². The van der Waals surface area contributed by atoms with Gasteiger partial charge in [-0.3, -0.25) is 19.8 Å². The molecule has 27 heavy (non-hydrogen) atoms. The predicted octanol–water partition coefficient (Wildman–Crippen LogP) is 3.48. The van der Waals surface area contributed by atoms with Gasteiger partial charge in [-0.1, -0.05) is 37.3 Å². The van der Waals surface area contributed by atoms with Crippen LogP contribution in [0.2, 0.25) is 0 Å². The Morgan fingerprint density at radius 3 is 2.44 bits per heavy atom. The second-order valence-electron chi connectivity index (χ2n) is 5.95. The molecule has 0 spiro atoms. The SMILES string of the molecule is CCOc1ccccc1C=C1C(=O)NC(=S)N(c2ccc(CC)cc2)C1=O. The molecule has 2 aromatic rings. The van der Waals surface area contributed by atoms with Crippen molar-refractivity contribution in [3.63, 3.8) is 0 Å². The van der Waals surface area contributed by atoms with Crippen molar-refractivity contribution < 1.29 is 14.3 Å². The lowest BCUT2D eigenvalue weighted by molar-refractivity contribution is -0.122. The zero-order valence-electron chi connectivity index (χ0n) is 15.2. The smallest absolute Gasteiger partial charge is 0.270 e. The average molecular weight is 380 g/mol. The highest BCUT2D eigenvalue weighted by Gasteiger charge is 2.34. The average Bonchev–Trinajstić information content (AvgIpc) is 2.67. The van der Waals surface area contributed by atoms with Crippen LogP contribution in [0.4, 0.5) is 5.69 Å². The molecule has 2 amide bonds. The van der Waals surface area contributed by atoms with E-state index in [1.54, 1.807) is 12.1 Å². The van der Waals surface area contributed by atoms with Gasteiger partial charge in [-0.25, -0.2) is 0 Å². The van der Waals surface area contributed by atoms with Crippen molar-refractivity contribution in [3.05, 3.63) is 65.2 Å². The van der Waals surface area contributed by atoms with E-state index in [9.17, 15) is 9.59 Å². The summed E-state index contributed by atoms with van der Waals surface area (Å²) < 4.78 is 5.58. The van der Waals surface area contributed by atoms with E-state index in [4.69, 9.17) is 17.0 Å². The number of carbonyl (C=O) groups is 2. The van der Waals surface area contributed by atoms with Crippen molar-refractivity contribution in [2.45, 2.75) is 20.3 Å². The maximum atomic E-state index is 13.0. The number of amides is 2. The molecule has 3 rings (SSSR count). The van der Waals surface area contributed by atoms with Gasteiger partial charge in [0.1, 0.15) is 11.3 Å². The molecule has 0 unspecified atom stereocenters. The molecule has 1 saturated heterocycles. The summed E-state index contributed by atoms with van der Waals surface area (Å²) >= 11 is 5.23. The van der Waals surface area contributed by atoms with Crippen LogP contribution in [0.25, 0.3) is 6.08 Å². The van der Waals surface area contributed by atoms with Crippen LogP contribution in [0.5, 0.6) is 5.75 Å². The number of thiocarbonyl (C=S) groups is 1. The van der Waals surface area contributed by atoms with Gasteiger partial charge in [-0.2, -0.15) is 0 Å². The predicted molar refractivity (Wildman–Crippen MR) is 110 cm³/mol. The van der Waals surface area contributed by atoms with Gasteiger partial charge in [0.05, 0.1) is 12.3 Å². The number of hydrogen-bond acceptors (Lipinski definition) is 4. The van der Waals surface area contributed by atoms with Gasteiger partial charge >= 0.3 is 0 Å². The number of hydrogen-bond donors (Lipinski definition) is 1. The minimum absolute atomic E-state index is 0.00956. The van der Waals surface area contributed by atoms with E-state index in [0.29, 0.717) is 23.6 Å². The van der Waals surface area contributed by atoms with Crippen molar-refractivity contribution in [1.29, 1.82) is 0 Å². The number of nitrogens with one attached hydrogen (secondary N) is 1. The van der Waals surface area contributed by atoms with Crippen molar-refractivity contribution in [1.82, 2.24) is 5.32 Å². The Kier molecular flexibility index (Phi) is 5.66. The van der Waals surface area contributed by atoms with Crippen LogP contribution in [0, 0.1) is 0 Å². The number of ether oxygens (including phenoxy) is 1. The van der Waals surface area contributed by atoms with Gasteiger partial charge in [0.2, 0.25) is 0 Å². The van der Waals surface area contributed by atoms with Crippen molar-refractivity contribution in [3.8, 4) is 5.75 Å². The fraction of sp³-hybridized carbons (Fsp3) is 0.190. The quantitative estimate of drug-likeness (QED) is 0.490. The molecule has 0 radical (unpaired) electrons.